The van der Waals surface area contributed by atoms with E-state index in [-0.39, 0.29) is 5.91 Å². The fourth-order valence-electron chi connectivity index (χ4n) is 2.32. The first-order valence-corrected chi connectivity index (χ1v) is 7.09. The highest BCUT2D eigenvalue weighted by molar-refractivity contribution is 5.92. The van der Waals surface area contributed by atoms with Crippen molar-refractivity contribution in [3.8, 4) is 0 Å². The number of rotatable bonds is 4. The van der Waals surface area contributed by atoms with Crippen molar-refractivity contribution in [3.05, 3.63) is 47.9 Å². The predicted molar refractivity (Wildman–Crippen MR) is 78.7 cm³/mol. The highest BCUT2D eigenvalue weighted by atomic mass is 16.2. The lowest BCUT2D eigenvalue weighted by Gasteiger charge is -2.14. The molecule has 2 aromatic rings. The van der Waals surface area contributed by atoms with Crippen molar-refractivity contribution in [2.75, 3.05) is 18.4 Å². The fourth-order valence-corrected chi connectivity index (χ4v) is 2.32. The highest BCUT2D eigenvalue weighted by Crippen LogP contribution is 2.12. The van der Waals surface area contributed by atoms with E-state index in [1.807, 2.05) is 17.0 Å². The summed E-state index contributed by atoms with van der Waals surface area (Å²) in [6.45, 7) is 2.29. The van der Waals surface area contributed by atoms with Gasteiger partial charge in [0.1, 0.15) is 5.82 Å². The normalized spacial score (nSPS) is 14.2. The van der Waals surface area contributed by atoms with Crippen molar-refractivity contribution in [1.82, 2.24) is 20.1 Å². The zero-order chi connectivity index (χ0) is 14.5. The Bertz CT molecular complexity index is 593. The van der Waals surface area contributed by atoms with Crippen molar-refractivity contribution < 1.29 is 4.79 Å². The summed E-state index contributed by atoms with van der Waals surface area (Å²) in [6.07, 6.45) is 5.65. The van der Waals surface area contributed by atoms with E-state index >= 15 is 0 Å². The maximum Gasteiger partial charge on any atom is 0.274 e. The number of carbonyl (C=O) groups is 1. The van der Waals surface area contributed by atoms with Crippen molar-refractivity contribution >= 4 is 11.7 Å². The molecule has 3 rings (SSSR count). The van der Waals surface area contributed by atoms with Gasteiger partial charge >= 0.3 is 0 Å². The van der Waals surface area contributed by atoms with Crippen LogP contribution in [-0.2, 0) is 6.54 Å². The van der Waals surface area contributed by atoms with Gasteiger partial charge in [-0.25, -0.2) is 0 Å². The number of nitrogens with zero attached hydrogens (tertiary/aromatic N) is 4. The first kappa shape index (κ1) is 13.5. The molecule has 0 spiro atoms. The molecule has 3 heterocycles. The number of likely N-dealkylation sites (tertiary alicyclic amines) is 1. The Hall–Kier alpha value is -2.50. The van der Waals surface area contributed by atoms with Crippen LogP contribution in [0.5, 0.6) is 0 Å². The molecule has 1 aliphatic rings. The van der Waals surface area contributed by atoms with E-state index in [2.05, 4.69) is 20.5 Å². The van der Waals surface area contributed by atoms with E-state index in [0.29, 0.717) is 18.1 Å². The molecule has 0 atom stereocenters. The highest BCUT2D eigenvalue weighted by Gasteiger charge is 2.20. The molecule has 1 saturated heterocycles. The number of hydrogen-bond donors (Lipinski definition) is 1. The molecular weight excluding hydrogens is 266 g/mol. The summed E-state index contributed by atoms with van der Waals surface area (Å²) in [4.78, 5) is 17.9. The Balaban J connectivity index is 1.60. The quantitative estimate of drug-likeness (QED) is 0.925. The lowest BCUT2D eigenvalue weighted by molar-refractivity contribution is 0.0786. The number of hydrogen-bond acceptors (Lipinski definition) is 5. The van der Waals surface area contributed by atoms with Gasteiger partial charge in [-0.05, 0) is 42.7 Å². The van der Waals surface area contributed by atoms with Crippen LogP contribution in [0, 0.1) is 0 Å². The summed E-state index contributed by atoms with van der Waals surface area (Å²) in [5.41, 5.74) is 1.52. The molecule has 6 heteroatoms. The zero-order valence-electron chi connectivity index (χ0n) is 11.7. The number of pyridine rings is 1. The number of anilines is 1. The van der Waals surface area contributed by atoms with Gasteiger partial charge in [0.05, 0.1) is 0 Å². The molecule has 0 radical (unpaired) electrons. The summed E-state index contributed by atoms with van der Waals surface area (Å²) < 4.78 is 0. The third-order valence-corrected chi connectivity index (χ3v) is 3.50. The van der Waals surface area contributed by atoms with Crippen molar-refractivity contribution in [3.63, 3.8) is 0 Å². The molecule has 0 bridgehead atoms. The van der Waals surface area contributed by atoms with Gasteiger partial charge in [-0.1, -0.05) is 0 Å². The monoisotopic (exact) mass is 283 g/mol. The van der Waals surface area contributed by atoms with Crippen LogP contribution < -0.4 is 5.32 Å². The average Bonchev–Trinajstić information content (AvgIpc) is 3.08. The van der Waals surface area contributed by atoms with E-state index < -0.39 is 0 Å². The first-order valence-electron chi connectivity index (χ1n) is 7.09. The molecule has 1 N–H and O–H groups in total. The van der Waals surface area contributed by atoms with Crippen LogP contribution >= 0.6 is 0 Å². The van der Waals surface area contributed by atoms with E-state index in [4.69, 9.17) is 0 Å². The SMILES string of the molecule is O=C(c1ccc(NCc2ccncc2)nn1)N1CCCC1. The van der Waals surface area contributed by atoms with E-state index in [1.165, 1.54) is 0 Å². The Kier molecular flexibility index (Phi) is 4.04. The topological polar surface area (TPSA) is 71.0 Å². The molecule has 0 unspecified atom stereocenters. The fraction of sp³-hybridized carbons (Fsp3) is 0.333. The summed E-state index contributed by atoms with van der Waals surface area (Å²) in [6, 6.07) is 7.39. The maximum atomic E-state index is 12.1. The standard InChI is InChI=1S/C15H17N5O/c21-15(20-9-1-2-10-20)13-3-4-14(19-18-13)17-11-12-5-7-16-8-6-12/h3-8H,1-2,9-11H2,(H,17,19). The summed E-state index contributed by atoms with van der Waals surface area (Å²) in [5, 5.41) is 11.3. The minimum atomic E-state index is -0.0271. The van der Waals surface area contributed by atoms with Crippen LogP contribution in [-0.4, -0.2) is 39.1 Å². The van der Waals surface area contributed by atoms with Gasteiger partial charge in [-0.3, -0.25) is 9.78 Å². The second-order valence-corrected chi connectivity index (χ2v) is 5.01. The van der Waals surface area contributed by atoms with Gasteiger partial charge in [-0.2, -0.15) is 0 Å². The molecule has 1 fully saturated rings. The van der Waals surface area contributed by atoms with Gasteiger partial charge < -0.3 is 10.2 Å². The maximum absolute atomic E-state index is 12.1. The number of nitrogens with one attached hydrogen (secondary N) is 1. The molecule has 21 heavy (non-hydrogen) atoms. The molecule has 1 aliphatic heterocycles. The number of carbonyl (C=O) groups excluding carboxylic acids is 1. The van der Waals surface area contributed by atoms with Crippen LogP contribution in [0.25, 0.3) is 0 Å². The van der Waals surface area contributed by atoms with Gasteiger partial charge in [0, 0.05) is 32.0 Å². The van der Waals surface area contributed by atoms with Crippen molar-refractivity contribution in [2.45, 2.75) is 19.4 Å². The minimum absolute atomic E-state index is 0.0271. The van der Waals surface area contributed by atoms with E-state index in [9.17, 15) is 4.79 Å². The smallest absolute Gasteiger partial charge is 0.274 e. The summed E-state index contributed by atoms with van der Waals surface area (Å²) in [7, 11) is 0. The molecular formula is C15H17N5O. The summed E-state index contributed by atoms with van der Waals surface area (Å²) >= 11 is 0. The second kappa shape index (κ2) is 6.30. The molecule has 6 nitrogen and oxygen atoms in total. The number of amides is 1. The van der Waals surface area contributed by atoms with Crippen molar-refractivity contribution in [2.24, 2.45) is 0 Å². The molecule has 108 valence electrons. The Morgan fingerprint density at radius 1 is 1.10 bits per heavy atom. The summed E-state index contributed by atoms with van der Waals surface area (Å²) in [5.74, 6) is 0.630. The second-order valence-electron chi connectivity index (χ2n) is 5.01. The van der Waals surface area contributed by atoms with Gasteiger partial charge in [0.25, 0.3) is 5.91 Å². The Labute approximate surface area is 123 Å². The van der Waals surface area contributed by atoms with Gasteiger partial charge in [0.15, 0.2) is 5.69 Å². The lowest BCUT2D eigenvalue weighted by Crippen LogP contribution is -2.28. The first-order chi connectivity index (χ1) is 10.3. The van der Waals surface area contributed by atoms with E-state index in [1.54, 1.807) is 24.5 Å². The third kappa shape index (κ3) is 3.34. The molecule has 2 aromatic heterocycles. The molecule has 0 aromatic carbocycles. The Morgan fingerprint density at radius 2 is 1.86 bits per heavy atom. The number of aromatic nitrogens is 3. The molecule has 0 saturated carbocycles. The third-order valence-electron chi connectivity index (χ3n) is 3.50. The lowest BCUT2D eigenvalue weighted by atomic mass is 10.3. The zero-order valence-corrected chi connectivity index (χ0v) is 11.7. The van der Waals surface area contributed by atoms with Crippen LogP contribution in [0.4, 0.5) is 5.82 Å². The predicted octanol–water partition coefficient (Wildman–Crippen LogP) is 1.72. The van der Waals surface area contributed by atoms with Crippen LogP contribution in [0.15, 0.2) is 36.7 Å². The molecule has 0 aliphatic carbocycles. The van der Waals surface area contributed by atoms with Gasteiger partial charge in [0.2, 0.25) is 0 Å². The van der Waals surface area contributed by atoms with Crippen LogP contribution in [0.1, 0.15) is 28.9 Å². The van der Waals surface area contributed by atoms with Crippen molar-refractivity contribution in [1.29, 1.82) is 0 Å². The minimum Gasteiger partial charge on any atom is -0.365 e. The largest absolute Gasteiger partial charge is 0.365 e. The van der Waals surface area contributed by atoms with Crippen LogP contribution in [0.2, 0.25) is 0 Å². The van der Waals surface area contributed by atoms with Crippen LogP contribution in [0.3, 0.4) is 0 Å². The van der Waals surface area contributed by atoms with Gasteiger partial charge in [-0.15, -0.1) is 10.2 Å². The average molecular weight is 283 g/mol. The Morgan fingerprint density at radius 3 is 2.52 bits per heavy atom. The molecule has 1 amide bonds. The van der Waals surface area contributed by atoms with E-state index in [0.717, 1.165) is 31.5 Å².